The van der Waals surface area contributed by atoms with Gasteiger partial charge in [-0.1, -0.05) is 12.1 Å². The largest absolute Gasteiger partial charge is 0.423 e. The number of hydrogen-bond donors (Lipinski definition) is 1. The van der Waals surface area contributed by atoms with Crippen molar-refractivity contribution in [2.24, 2.45) is 5.92 Å². The Kier molecular flexibility index (Phi) is 2.29. The molecule has 0 aliphatic carbocycles. The highest BCUT2D eigenvalue weighted by Gasteiger charge is 2.25. The Labute approximate surface area is 93.5 Å². The van der Waals surface area contributed by atoms with Crippen LogP contribution in [0, 0.1) is 5.92 Å². The highest BCUT2D eigenvalue weighted by atomic mass is 16.4. The summed E-state index contributed by atoms with van der Waals surface area (Å²) in [6.45, 7) is 2.00. The first-order valence-electron chi connectivity index (χ1n) is 5.58. The first-order chi connectivity index (χ1) is 7.86. The minimum absolute atomic E-state index is 0.247. The number of hydrogen-bond acceptors (Lipinski definition) is 4. The average molecular weight is 218 g/mol. The molecular weight excluding hydrogens is 204 g/mol. The quantitative estimate of drug-likeness (QED) is 0.832. The molecule has 4 nitrogen and oxygen atoms in total. The summed E-state index contributed by atoms with van der Waals surface area (Å²) in [5, 5.41) is 9.09. The van der Waals surface area contributed by atoms with Crippen molar-refractivity contribution in [1.82, 2.24) is 4.98 Å². The number of anilines is 1. The monoisotopic (exact) mass is 218 g/mol. The minimum atomic E-state index is 0.247. The molecule has 1 atom stereocenters. The molecule has 0 radical (unpaired) electrons. The van der Waals surface area contributed by atoms with Crippen molar-refractivity contribution in [2.75, 3.05) is 24.6 Å². The third kappa shape index (κ3) is 1.55. The zero-order chi connectivity index (χ0) is 11.0. The van der Waals surface area contributed by atoms with E-state index in [2.05, 4.69) is 9.88 Å². The lowest BCUT2D eigenvalue weighted by Crippen LogP contribution is -2.20. The summed E-state index contributed by atoms with van der Waals surface area (Å²) >= 11 is 0. The molecule has 1 saturated heterocycles. The van der Waals surface area contributed by atoms with Crippen LogP contribution >= 0.6 is 0 Å². The van der Waals surface area contributed by atoms with E-state index in [1.54, 1.807) is 0 Å². The normalized spacial score (nSPS) is 20.8. The van der Waals surface area contributed by atoms with Crippen LogP contribution in [0.25, 0.3) is 11.1 Å². The Morgan fingerprint density at radius 2 is 2.31 bits per heavy atom. The van der Waals surface area contributed by atoms with Gasteiger partial charge < -0.3 is 14.4 Å². The molecule has 1 aliphatic rings. The van der Waals surface area contributed by atoms with Crippen molar-refractivity contribution in [1.29, 1.82) is 0 Å². The van der Waals surface area contributed by atoms with E-state index in [1.165, 1.54) is 0 Å². The van der Waals surface area contributed by atoms with Crippen LogP contribution < -0.4 is 4.90 Å². The lowest BCUT2D eigenvalue weighted by molar-refractivity contribution is 0.238. The predicted molar refractivity (Wildman–Crippen MR) is 61.4 cm³/mol. The lowest BCUT2D eigenvalue weighted by atomic mass is 10.1. The molecule has 2 aromatic rings. The van der Waals surface area contributed by atoms with Gasteiger partial charge in [-0.3, -0.25) is 0 Å². The molecule has 1 aliphatic heterocycles. The second kappa shape index (κ2) is 3.79. The number of aromatic nitrogens is 1. The lowest BCUT2D eigenvalue weighted by Gasteiger charge is -2.12. The highest BCUT2D eigenvalue weighted by molar-refractivity contribution is 5.74. The summed E-state index contributed by atoms with van der Waals surface area (Å²) in [7, 11) is 0. The van der Waals surface area contributed by atoms with Crippen molar-refractivity contribution in [2.45, 2.75) is 6.42 Å². The fourth-order valence-electron chi connectivity index (χ4n) is 2.15. The number of para-hydroxylation sites is 2. The number of aliphatic hydroxyl groups is 1. The molecule has 3 rings (SSSR count). The molecule has 1 N–H and O–H groups in total. The number of rotatable bonds is 2. The number of fused-ring (bicyclic) bond motifs is 1. The average Bonchev–Trinajstić information content (AvgIpc) is 2.95. The van der Waals surface area contributed by atoms with Crippen molar-refractivity contribution >= 4 is 17.1 Å². The van der Waals surface area contributed by atoms with Crippen molar-refractivity contribution in [3.05, 3.63) is 24.3 Å². The highest BCUT2D eigenvalue weighted by Crippen LogP contribution is 2.26. The van der Waals surface area contributed by atoms with Gasteiger partial charge in [0, 0.05) is 25.6 Å². The van der Waals surface area contributed by atoms with Gasteiger partial charge in [0.15, 0.2) is 5.58 Å². The van der Waals surface area contributed by atoms with Crippen LogP contribution in [0.3, 0.4) is 0 Å². The molecule has 0 bridgehead atoms. The van der Waals surface area contributed by atoms with Gasteiger partial charge in [-0.25, -0.2) is 0 Å². The molecule has 1 aromatic heterocycles. The SMILES string of the molecule is OCC1CCN(c2nc3ccccc3o2)C1. The summed E-state index contributed by atoms with van der Waals surface area (Å²) in [4.78, 5) is 6.54. The minimum Gasteiger partial charge on any atom is -0.423 e. The van der Waals surface area contributed by atoms with Crippen molar-refractivity contribution < 1.29 is 9.52 Å². The molecular formula is C12H14N2O2. The van der Waals surface area contributed by atoms with Gasteiger partial charge >= 0.3 is 0 Å². The second-order valence-corrected chi connectivity index (χ2v) is 4.25. The zero-order valence-electron chi connectivity index (χ0n) is 8.97. The molecule has 0 spiro atoms. The molecule has 1 unspecified atom stereocenters. The van der Waals surface area contributed by atoms with Gasteiger partial charge in [-0.05, 0) is 18.6 Å². The van der Waals surface area contributed by atoms with E-state index < -0.39 is 0 Å². The molecule has 1 aromatic carbocycles. The van der Waals surface area contributed by atoms with E-state index in [-0.39, 0.29) is 6.61 Å². The standard InChI is InChI=1S/C12H14N2O2/c15-8-9-5-6-14(7-9)12-13-10-3-1-2-4-11(10)16-12/h1-4,9,15H,5-8H2. The van der Waals surface area contributed by atoms with E-state index >= 15 is 0 Å². The number of oxazole rings is 1. The maximum Gasteiger partial charge on any atom is 0.298 e. The smallest absolute Gasteiger partial charge is 0.298 e. The van der Waals surface area contributed by atoms with Gasteiger partial charge in [-0.2, -0.15) is 4.98 Å². The van der Waals surface area contributed by atoms with E-state index in [0.717, 1.165) is 30.6 Å². The topological polar surface area (TPSA) is 49.5 Å². The molecule has 84 valence electrons. The summed E-state index contributed by atoms with van der Waals surface area (Å²) in [5.41, 5.74) is 1.72. The van der Waals surface area contributed by atoms with E-state index in [0.29, 0.717) is 11.9 Å². The van der Waals surface area contributed by atoms with Gasteiger partial charge in [0.2, 0.25) is 0 Å². The summed E-state index contributed by atoms with van der Waals surface area (Å²) < 4.78 is 5.68. The Hall–Kier alpha value is -1.55. The molecule has 1 fully saturated rings. The fraction of sp³-hybridized carbons (Fsp3) is 0.417. The predicted octanol–water partition coefficient (Wildman–Crippen LogP) is 1.65. The molecule has 0 saturated carbocycles. The zero-order valence-corrected chi connectivity index (χ0v) is 8.97. The van der Waals surface area contributed by atoms with Crippen molar-refractivity contribution in [3.8, 4) is 0 Å². The van der Waals surface area contributed by atoms with Crippen LogP contribution in [0.4, 0.5) is 6.01 Å². The van der Waals surface area contributed by atoms with Crippen LogP contribution in [-0.2, 0) is 0 Å². The van der Waals surface area contributed by atoms with E-state index in [1.807, 2.05) is 24.3 Å². The number of aliphatic hydroxyl groups excluding tert-OH is 1. The van der Waals surface area contributed by atoms with Crippen LogP contribution in [0.5, 0.6) is 0 Å². The van der Waals surface area contributed by atoms with Crippen LogP contribution in [0.15, 0.2) is 28.7 Å². The van der Waals surface area contributed by atoms with Gasteiger partial charge in [0.1, 0.15) is 5.52 Å². The Balaban J connectivity index is 1.89. The Morgan fingerprint density at radius 3 is 3.06 bits per heavy atom. The van der Waals surface area contributed by atoms with E-state index in [9.17, 15) is 0 Å². The molecule has 16 heavy (non-hydrogen) atoms. The fourth-order valence-corrected chi connectivity index (χ4v) is 2.15. The van der Waals surface area contributed by atoms with E-state index in [4.69, 9.17) is 9.52 Å². The van der Waals surface area contributed by atoms with Gasteiger partial charge in [0.25, 0.3) is 6.01 Å². The molecule has 2 heterocycles. The number of nitrogens with zero attached hydrogens (tertiary/aromatic N) is 2. The summed E-state index contributed by atoms with van der Waals surface area (Å²) in [6, 6.07) is 8.44. The van der Waals surface area contributed by atoms with Crippen LogP contribution in [0.2, 0.25) is 0 Å². The van der Waals surface area contributed by atoms with Crippen LogP contribution in [0.1, 0.15) is 6.42 Å². The summed E-state index contributed by atoms with van der Waals surface area (Å²) in [6.07, 6.45) is 1.01. The third-order valence-corrected chi connectivity index (χ3v) is 3.10. The van der Waals surface area contributed by atoms with Gasteiger partial charge in [-0.15, -0.1) is 0 Å². The maximum atomic E-state index is 9.09. The van der Waals surface area contributed by atoms with Crippen molar-refractivity contribution in [3.63, 3.8) is 0 Å². The maximum absolute atomic E-state index is 9.09. The summed E-state index contributed by atoms with van der Waals surface area (Å²) in [5.74, 6) is 0.356. The first kappa shape index (κ1) is 9.66. The van der Waals surface area contributed by atoms with Gasteiger partial charge in [0.05, 0.1) is 0 Å². The second-order valence-electron chi connectivity index (χ2n) is 4.25. The first-order valence-corrected chi connectivity index (χ1v) is 5.58. The molecule has 4 heteroatoms. The number of benzene rings is 1. The Morgan fingerprint density at radius 1 is 1.44 bits per heavy atom. The molecule has 0 amide bonds. The van der Waals surface area contributed by atoms with Crippen LogP contribution in [-0.4, -0.2) is 29.8 Å². The third-order valence-electron chi connectivity index (χ3n) is 3.10. The Bertz CT molecular complexity index is 461.